The molecule has 86 valence electrons. The predicted molar refractivity (Wildman–Crippen MR) is 64.6 cm³/mol. The Bertz CT molecular complexity index is 527. The molecule has 0 saturated heterocycles. The number of rotatable bonds is 3. The standard InChI is InChI=1S/C14H13NO2/c16-14(15-10-7-8-10)12-5-2-1-4-11(12)13-6-3-9-17-13/h1-6,9-10H,7-8H2,(H,15,16). The fourth-order valence-electron chi connectivity index (χ4n) is 1.82. The third kappa shape index (κ3) is 2.09. The van der Waals surface area contributed by atoms with Crippen molar-refractivity contribution < 1.29 is 9.21 Å². The minimum atomic E-state index is -0.0144. The van der Waals surface area contributed by atoms with Crippen molar-refractivity contribution in [3.63, 3.8) is 0 Å². The summed E-state index contributed by atoms with van der Waals surface area (Å²) in [6.07, 6.45) is 3.80. The minimum absolute atomic E-state index is 0.0144. The molecular weight excluding hydrogens is 214 g/mol. The van der Waals surface area contributed by atoms with E-state index >= 15 is 0 Å². The van der Waals surface area contributed by atoms with Gasteiger partial charge < -0.3 is 9.73 Å². The molecule has 1 aromatic heterocycles. The molecule has 3 heteroatoms. The molecular formula is C14H13NO2. The number of amides is 1. The average Bonchev–Trinajstić information content (AvgIpc) is 3.00. The number of furan rings is 1. The average molecular weight is 227 g/mol. The summed E-state index contributed by atoms with van der Waals surface area (Å²) in [5.41, 5.74) is 1.52. The molecule has 0 radical (unpaired) electrons. The van der Waals surface area contributed by atoms with E-state index in [0.717, 1.165) is 24.2 Å². The largest absolute Gasteiger partial charge is 0.464 e. The number of hydrogen-bond acceptors (Lipinski definition) is 2. The molecule has 17 heavy (non-hydrogen) atoms. The maximum atomic E-state index is 12.1. The molecule has 0 atom stereocenters. The van der Waals surface area contributed by atoms with Gasteiger partial charge in [0.15, 0.2) is 0 Å². The summed E-state index contributed by atoms with van der Waals surface area (Å²) in [7, 11) is 0. The predicted octanol–water partition coefficient (Wildman–Crippen LogP) is 2.84. The number of benzene rings is 1. The Morgan fingerprint density at radius 1 is 1.18 bits per heavy atom. The zero-order valence-electron chi connectivity index (χ0n) is 9.35. The van der Waals surface area contributed by atoms with Crippen LogP contribution in [0.15, 0.2) is 47.1 Å². The van der Waals surface area contributed by atoms with Gasteiger partial charge in [-0.25, -0.2) is 0 Å². The third-order valence-electron chi connectivity index (χ3n) is 2.87. The van der Waals surface area contributed by atoms with Crippen molar-refractivity contribution in [3.05, 3.63) is 48.2 Å². The van der Waals surface area contributed by atoms with Crippen LogP contribution in [-0.4, -0.2) is 11.9 Å². The Labute approximate surface area is 99.4 Å². The first-order valence-electron chi connectivity index (χ1n) is 5.78. The van der Waals surface area contributed by atoms with E-state index < -0.39 is 0 Å². The Morgan fingerprint density at radius 2 is 2.00 bits per heavy atom. The van der Waals surface area contributed by atoms with Gasteiger partial charge in [-0.15, -0.1) is 0 Å². The fraction of sp³-hybridized carbons (Fsp3) is 0.214. The van der Waals surface area contributed by atoms with Crippen LogP contribution in [0.1, 0.15) is 23.2 Å². The zero-order chi connectivity index (χ0) is 11.7. The van der Waals surface area contributed by atoms with Gasteiger partial charge in [0.2, 0.25) is 0 Å². The van der Waals surface area contributed by atoms with Crippen molar-refractivity contribution >= 4 is 5.91 Å². The van der Waals surface area contributed by atoms with Gasteiger partial charge >= 0.3 is 0 Å². The van der Waals surface area contributed by atoms with Crippen molar-refractivity contribution in [2.75, 3.05) is 0 Å². The van der Waals surface area contributed by atoms with Crippen LogP contribution >= 0.6 is 0 Å². The number of carbonyl (C=O) groups is 1. The maximum Gasteiger partial charge on any atom is 0.252 e. The van der Waals surface area contributed by atoms with Crippen LogP contribution in [-0.2, 0) is 0 Å². The maximum absolute atomic E-state index is 12.1. The summed E-state index contributed by atoms with van der Waals surface area (Å²) < 4.78 is 5.35. The SMILES string of the molecule is O=C(NC1CC1)c1ccccc1-c1ccco1. The third-order valence-corrected chi connectivity index (χ3v) is 2.87. The van der Waals surface area contributed by atoms with E-state index in [1.54, 1.807) is 6.26 Å². The molecule has 1 aliphatic rings. The first-order valence-corrected chi connectivity index (χ1v) is 5.78. The summed E-state index contributed by atoms with van der Waals surface area (Å²) in [6, 6.07) is 11.6. The van der Waals surface area contributed by atoms with Gasteiger partial charge in [0.25, 0.3) is 5.91 Å². The molecule has 3 nitrogen and oxygen atoms in total. The van der Waals surface area contributed by atoms with E-state index in [2.05, 4.69) is 5.32 Å². The topological polar surface area (TPSA) is 42.2 Å². The lowest BCUT2D eigenvalue weighted by Crippen LogP contribution is -2.25. The Morgan fingerprint density at radius 3 is 2.71 bits per heavy atom. The molecule has 1 aromatic carbocycles. The lowest BCUT2D eigenvalue weighted by atomic mass is 10.0. The highest BCUT2D eigenvalue weighted by Crippen LogP contribution is 2.25. The first-order chi connectivity index (χ1) is 8.34. The normalized spacial score (nSPS) is 14.6. The van der Waals surface area contributed by atoms with Crippen LogP contribution in [0, 0.1) is 0 Å². The van der Waals surface area contributed by atoms with Gasteiger partial charge in [-0.3, -0.25) is 4.79 Å². The highest BCUT2D eigenvalue weighted by Gasteiger charge is 2.25. The molecule has 0 bridgehead atoms. The Hall–Kier alpha value is -2.03. The minimum Gasteiger partial charge on any atom is -0.464 e. The van der Waals surface area contributed by atoms with Crippen LogP contribution < -0.4 is 5.32 Å². The lowest BCUT2D eigenvalue weighted by molar-refractivity contribution is 0.0951. The highest BCUT2D eigenvalue weighted by atomic mass is 16.3. The number of carbonyl (C=O) groups excluding carboxylic acids is 1. The van der Waals surface area contributed by atoms with E-state index in [-0.39, 0.29) is 5.91 Å². The van der Waals surface area contributed by atoms with E-state index in [9.17, 15) is 4.79 Å². The Kier molecular flexibility index (Phi) is 2.44. The quantitative estimate of drug-likeness (QED) is 0.876. The van der Waals surface area contributed by atoms with E-state index in [1.165, 1.54) is 0 Å². The van der Waals surface area contributed by atoms with Gasteiger partial charge in [-0.2, -0.15) is 0 Å². The second-order valence-corrected chi connectivity index (χ2v) is 4.27. The van der Waals surface area contributed by atoms with E-state index in [1.807, 2.05) is 36.4 Å². The zero-order valence-corrected chi connectivity index (χ0v) is 9.35. The van der Waals surface area contributed by atoms with Crippen molar-refractivity contribution in [2.45, 2.75) is 18.9 Å². The fourth-order valence-corrected chi connectivity index (χ4v) is 1.82. The van der Waals surface area contributed by atoms with Crippen LogP contribution in [0.2, 0.25) is 0 Å². The molecule has 1 aliphatic carbocycles. The van der Waals surface area contributed by atoms with Crippen molar-refractivity contribution in [1.29, 1.82) is 0 Å². The monoisotopic (exact) mass is 227 g/mol. The molecule has 3 rings (SSSR count). The van der Waals surface area contributed by atoms with Gasteiger partial charge in [0, 0.05) is 11.6 Å². The lowest BCUT2D eigenvalue weighted by Gasteiger charge is -2.07. The summed E-state index contributed by atoms with van der Waals surface area (Å²) >= 11 is 0. The van der Waals surface area contributed by atoms with Crippen molar-refractivity contribution in [1.82, 2.24) is 5.32 Å². The molecule has 0 spiro atoms. The second-order valence-electron chi connectivity index (χ2n) is 4.27. The van der Waals surface area contributed by atoms with Crippen molar-refractivity contribution in [3.8, 4) is 11.3 Å². The Balaban J connectivity index is 1.95. The van der Waals surface area contributed by atoms with Crippen LogP contribution in [0.3, 0.4) is 0 Å². The van der Waals surface area contributed by atoms with Gasteiger partial charge in [-0.05, 0) is 31.0 Å². The molecule has 1 saturated carbocycles. The summed E-state index contributed by atoms with van der Waals surface area (Å²) in [4.78, 5) is 12.1. The molecule has 0 unspecified atom stereocenters. The van der Waals surface area contributed by atoms with E-state index in [0.29, 0.717) is 11.6 Å². The molecule has 1 amide bonds. The van der Waals surface area contributed by atoms with E-state index in [4.69, 9.17) is 4.42 Å². The smallest absolute Gasteiger partial charge is 0.252 e. The highest BCUT2D eigenvalue weighted by molar-refractivity contribution is 6.00. The molecule has 1 N–H and O–H groups in total. The molecule has 0 aliphatic heterocycles. The number of nitrogens with one attached hydrogen (secondary N) is 1. The molecule has 2 aromatic rings. The summed E-state index contributed by atoms with van der Waals surface area (Å²) in [6.45, 7) is 0. The summed E-state index contributed by atoms with van der Waals surface area (Å²) in [5.74, 6) is 0.714. The molecule has 1 heterocycles. The first kappa shape index (κ1) is 10.1. The second kappa shape index (κ2) is 4.09. The van der Waals surface area contributed by atoms with Crippen LogP contribution in [0.5, 0.6) is 0 Å². The van der Waals surface area contributed by atoms with Gasteiger partial charge in [0.1, 0.15) is 5.76 Å². The summed E-state index contributed by atoms with van der Waals surface area (Å²) in [5, 5.41) is 2.99. The number of hydrogen-bond donors (Lipinski definition) is 1. The van der Waals surface area contributed by atoms with Gasteiger partial charge in [-0.1, -0.05) is 18.2 Å². The van der Waals surface area contributed by atoms with Crippen LogP contribution in [0.4, 0.5) is 0 Å². The van der Waals surface area contributed by atoms with Crippen molar-refractivity contribution in [2.24, 2.45) is 0 Å². The molecule has 1 fully saturated rings. The van der Waals surface area contributed by atoms with Crippen LogP contribution in [0.25, 0.3) is 11.3 Å². The van der Waals surface area contributed by atoms with Gasteiger partial charge in [0.05, 0.1) is 11.8 Å².